The Hall–Kier alpha value is -3.53. The largest absolute Gasteiger partial charge is 0.493 e. The van der Waals surface area contributed by atoms with Gasteiger partial charge in [0.25, 0.3) is 0 Å². The third-order valence-corrected chi connectivity index (χ3v) is 7.10. The Morgan fingerprint density at radius 2 is 1.70 bits per heavy atom. The Bertz CT molecular complexity index is 1240. The van der Waals surface area contributed by atoms with Crippen molar-refractivity contribution in [3.8, 4) is 11.5 Å². The fraction of sp³-hybridized carbons (Fsp3) is 0.304. The van der Waals surface area contributed by atoms with Crippen molar-refractivity contribution >= 4 is 21.8 Å². The van der Waals surface area contributed by atoms with Crippen LogP contribution >= 0.6 is 0 Å². The molecular weight excluding hydrogens is 448 g/mol. The lowest BCUT2D eigenvalue weighted by atomic mass is 9.95. The summed E-state index contributed by atoms with van der Waals surface area (Å²) in [5.41, 5.74) is 1.92. The lowest BCUT2D eigenvalue weighted by Crippen LogP contribution is -2.47. The number of amides is 2. The highest BCUT2D eigenvalue weighted by Crippen LogP contribution is 2.35. The molecule has 3 rings (SSSR count). The van der Waals surface area contributed by atoms with E-state index >= 15 is 0 Å². The number of urea groups is 1. The number of methoxy groups -OCH3 is 3. The molecule has 0 saturated heterocycles. The molecule has 0 radical (unpaired) electrons. The Labute approximate surface area is 192 Å². The van der Waals surface area contributed by atoms with Crippen molar-refractivity contribution in [3.63, 3.8) is 0 Å². The van der Waals surface area contributed by atoms with Gasteiger partial charge in [-0.05, 0) is 43.2 Å². The van der Waals surface area contributed by atoms with E-state index < -0.39 is 33.6 Å². The summed E-state index contributed by atoms with van der Waals surface area (Å²) in [4.78, 5) is 25.3. The molecule has 2 aromatic carbocycles. The first-order valence-electron chi connectivity index (χ1n) is 10.0. The quantitative estimate of drug-likeness (QED) is 0.592. The fourth-order valence-electron chi connectivity index (χ4n) is 3.78. The summed E-state index contributed by atoms with van der Waals surface area (Å²) in [5.74, 6) is -0.509. The second kappa shape index (κ2) is 9.53. The van der Waals surface area contributed by atoms with Gasteiger partial charge in [0.05, 0.1) is 43.6 Å². The van der Waals surface area contributed by atoms with Crippen LogP contribution in [0.15, 0.2) is 52.6 Å². The zero-order valence-electron chi connectivity index (χ0n) is 19.0. The molecule has 0 unspecified atom stereocenters. The summed E-state index contributed by atoms with van der Waals surface area (Å²) in [6, 6.07) is 8.25. The molecule has 176 valence electrons. The predicted molar refractivity (Wildman–Crippen MR) is 121 cm³/mol. The molecule has 1 heterocycles. The number of aryl methyl sites for hydroxylation is 2. The van der Waals surface area contributed by atoms with Crippen LogP contribution in [-0.4, -0.2) is 47.5 Å². The minimum atomic E-state index is -3.89. The number of nitrogens with one attached hydrogen (secondary N) is 2. The van der Waals surface area contributed by atoms with E-state index in [1.165, 1.54) is 27.4 Å². The van der Waals surface area contributed by atoms with Crippen molar-refractivity contribution in [1.29, 1.82) is 0 Å². The van der Waals surface area contributed by atoms with Crippen molar-refractivity contribution in [1.82, 2.24) is 10.6 Å². The van der Waals surface area contributed by atoms with Gasteiger partial charge in [-0.25, -0.2) is 18.0 Å². The van der Waals surface area contributed by atoms with Crippen LogP contribution in [0, 0.1) is 13.8 Å². The number of sulfone groups is 1. The maximum absolute atomic E-state index is 13.2. The van der Waals surface area contributed by atoms with E-state index in [-0.39, 0.29) is 16.2 Å². The van der Waals surface area contributed by atoms with Crippen LogP contribution in [0.3, 0.4) is 0 Å². The third kappa shape index (κ3) is 4.95. The SMILES string of the molecule is COC(=O)C1=C(CS(=O)(=O)c2ccc(C)cc2C)NC(=O)N[C@H]1c1ccc(OC)c(OC)c1. The van der Waals surface area contributed by atoms with E-state index in [0.717, 1.165) is 5.56 Å². The molecular formula is C23H26N2O7S. The molecule has 1 aliphatic rings. The molecule has 0 aromatic heterocycles. The highest BCUT2D eigenvalue weighted by molar-refractivity contribution is 7.91. The van der Waals surface area contributed by atoms with Gasteiger partial charge in [0, 0.05) is 5.70 Å². The van der Waals surface area contributed by atoms with Gasteiger partial charge in [-0.1, -0.05) is 23.8 Å². The van der Waals surface area contributed by atoms with Crippen LogP contribution in [0.1, 0.15) is 22.7 Å². The van der Waals surface area contributed by atoms with Crippen molar-refractivity contribution in [3.05, 3.63) is 64.4 Å². The first-order chi connectivity index (χ1) is 15.6. The van der Waals surface area contributed by atoms with E-state index in [4.69, 9.17) is 14.2 Å². The maximum atomic E-state index is 13.2. The lowest BCUT2D eigenvalue weighted by Gasteiger charge is -2.29. The van der Waals surface area contributed by atoms with Gasteiger partial charge in [0.2, 0.25) is 0 Å². The van der Waals surface area contributed by atoms with Crippen molar-refractivity contribution in [2.24, 2.45) is 0 Å². The monoisotopic (exact) mass is 474 g/mol. The topological polar surface area (TPSA) is 120 Å². The molecule has 9 nitrogen and oxygen atoms in total. The first-order valence-corrected chi connectivity index (χ1v) is 11.7. The molecule has 0 spiro atoms. The summed E-state index contributed by atoms with van der Waals surface area (Å²) < 4.78 is 42.0. The fourth-order valence-corrected chi connectivity index (χ4v) is 5.37. The highest BCUT2D eigenvalue weighted by Gasteiger charge is 2.36. The summed E-state index contributed by atoms with van der Waals surface area (Å²) in [5, 5.41) is 5.14. The number of benzene rings is 2. The summed E-state index contributed by atoms with van der Waals surface area (Å²) in [6.07, 6.45) is 0. The van der Waals surface area contributed by atoms with Gasteiger partial charge in [0.1, 0.15) is 0 Å². The van der Waals surface area contributed by atoms with Gasteiger partial charge in [-0.3, -0.25) is 0 Å². The van der Waals surface area contributed by atoms with Gasteiger partial charge < -0.3 is 24.8 Å². The van der Waals surface area contributed by atoms with Gasteiger partial charge >= 0.3 is 12.0 Å². The summed E-state index contributed by atoms with van der Waals surface area (Å²) >= 11 is 0. The van der Waals surface area contributed by atoms with Gasteiger partial charge in [-0.15, -0.1) is 0 Å². The number of ether oxygens (including phenoxy) is 3. The number of rotatable bonds is 7. The first kappa shape index (κ1) is 24.1. The van der Waals surface area contributed by atoms with Crippen molar-refractivity contribution in [2.75, 3.05) is 27.1 Å². The number of esters is 1. The Kier molecular flexibility index (Phi) is 6.97. The number of carbonyl (C=O) groups is 2. The van der Waals surface area contributed by atoms with Crippen LogP contribution in [0.5, 0.6) is 11.5 Å². The second-order valence-corrected chi connectivity index (χ2v) is 9.52. The van der Waals surface area contributed by atoms with E-state index in [1.807, 2.05) is 6.92 Å². The molecule has 0 bridgehead atoms. The molecule has 2 amide bonds. The number of hydrogen-bond donors (Lipinski definition) is 2. The molecule has 33 heavy (non-hydrogen) atoms. The van der Waals surface area contributed by atoms with E-state index in [2.05, 4.69) is 10.6 Å². The van der Waals surface area contributed by atoms with Crippen LogP contribution in [0.2, 0.25) is 0 Å². The molecule has 10 heteroatoms. The smallest absolute Gasteiger partial charge is 0.338 e. The average Bonchev–Trinajstić information content (AvgIpc) is 2.77. The molecule has 0 aliphatic carbocycles. The summed E-state index contributed by atoms with van der Waals surface area (Å²) in [6.45, 7) is 3.56. The minimum Gasteiger partial charge on any atom is -0.493 e. The van der Waals surface area contributed by atoms with E-state index in [0.29, 0.717) is 22.6 Å². The standard InChI is InChI=1S/C23H26N2O7S/c1-13-6-9-19(14(2)10-13)33(28,29)12-16-20(22(26)32-5)21(25-23(27)24-16)15-7-8-17(30-3)18(11-15)31-4/h6-11,21H,12H2,1-5H3,(H2,24,25,27)/t21-/m0/s1. The van der Waals surface area contributed by atoms with E-state index in [9.17, 15) is 18.0 Å². The molecule has 2 N–H and O–H groups in total. The highest BCUT2D eigenvalue weighted by atomic mass is 32.2. The zero-order chi connectivity index (χ0) is 24.3. The molecule has 2 aromatic rings. The van der Waals surface area contributed by atoms with Crippen LogP contribution in [0.4, 0.5) is 4.79 Å². The normalized spacial score (nSPS) is 16.0. The lowest BCUT2D eigenvalue weighted by molar-refractivity contribution is -0.136. The number of carbonyl (C=O) groups excluding carboxylic acids is 2. The minimum absolute atomic E-state index is 0.0161. The zero-order valence-corrected chi connectivity index (χ0v) is 19.8. The molecule has 0 fully saturated rings. The molecule has 1 aliphatic heterocycles. The Morgan fingerprint density at radius 1 is 1.00 bits per heavy atom. The average molecular weight is 475 g/mol. The Morgan fingerprint density at radius 3 is 2.30 bits per heavy atom. The maximum Gasteiger partial charge on any atom is 0.338 e. The molecule has 1 atom stereocenters. The Balaban J connectivity index is 2.13. The third-order valence-electron chi connectivity index (χ3n) is 5.30. The van der Waals surface area contributed by atoms with Crippen molar-refractivity contribution < 1.29 is 32.2 Å². The van der Waals surface area contributed by atoms with Crippen LogP contribution < -0.4 is 20.1 Å². The van der Waals surface area contributed by atoms with Crippen LogP contribution in [-0.2, 0) is 19.4 Å². The second-order valence-electron chi connectivity index (χ2n) is 7.56. The van der Waals surface area contributed by atoms with E-state index in [1.54, 1.807) is 37.3 Å². The predicted octanol–water partition coefficient (Wildman–Crippen LogP) is 2.58. The molecule has 0 saturated carbocycles. The van der Waals surface area contributed by atoms with Crippen molar-refractivity contribution in [2.45, 2.75) is 24.8 Å². The van der Waals surface area contributed by atoms with Gasteiger partial charge in [-0.2, -0.15) is 0 Å². The van der Waals surface area contributed by atoms with Gasteiger partial charge in [0.15, 0.2) is 21.3 Å². The number of hydrogen-bond acceptors (Lipinski definition) is 7. The van der Waals surface area contributed by atoms with Crippen LogP contribution in [0.25, 0.3) is 0 Å². The summed E-state index contributed by atoms with van der Waals surface area (Å²) in [7, 11) is 0.246.